The number of thiophene rings is 1. The zero-order valence-corrected chi connectivity index (χ0v) is 18.0. The number of hydrogen-bond acceptors (Lipinski definition) is 6. The van der Waals surface area contributed by atoms with Gasteiger partial charge >= 0.3 is 0 Å². The van der Waals surface area contributed by atoms with Crippen LogP contribution in [0.25, 0.3) is 21.1 Å². The van der Waals surface area contributed by atoms with Gasteiger partial charge in [-0.3, -0.25) is 9.59 Å². The summed E-state index contributed by atoms with van der Waals surface area (Å²) in [5.41, 5.74) is 2.44. The normalized spacial score (nSPS) is 10.8. The van der Waals surface area contributed by atoms with Crippen molar-refractivity contribution in [2.75, 3.05) is 6.54 Å². The Morgan fingerprint density at radius 2 is 1.93 bits per heavy atom. The van der Waals surface area contributed by atoms with E-state index in [-0.39, 0.29) is 11.5 Å². The van der Waals surface area contributed by atoms with Gasteiger partial charge in [-0.2, -0.15) is 5.10 Å². The minimum absolute atomic E-state index is 0.0625. The predicted molar refractivity (Wildman–Crippen MR) is 121 cm³/mol. The number of nitrogens with zero attached hydrogens (tertiary/aromatic N) is 3. The molecular formula is C22H20N4O2S2. The lowest BCUT2D eigenvalue weighted by atomic mass is 10.2. The first-order valence-corrected chi connectivity index (χ1v) is 11.2. The molecule has 0 saturated carbocycles. The van der Waals surface area contributed by atoms with Gasteiger partial charge in [-0.15, -0.1) is 22.7 Å². The summed E-state index contributed by atoms with van der Waals surface area (Å²) >= 11 is 3.11. The molecule has 3 aromatic heterocycles. The third-order valence-electron chi connectivity index (χ3n) is 4.48. The van der Waals surface area contributed by atoms with Crippen molar-refractivity contribution >= 4 is 28.6 Å². The van der Waals surface area contributed by atoms with Gasteiger partial charge in [0.2, 0.25) is 5.91 Å². The molecule has 3 heterocycles. The molecule has 152 valence electrons. The van der Waals surface area contributed by atoms with Crippen LogP contribution < -0.4 is 10.9 Å². The molecule has 1 N–H and O–H groups in total. The number of rotatable bonds is 7. The maximum Gasteiger partial charge on any atom is 0.266 e. The van der Waals surface area contributed by atoms with Gasteiger partial charge in [-0.25, -0.2) is 9.67 Å². The van der Waals surface area contributed by atoms with Crippen molar-refractivity contribution in [3.63, 3.8) is 0 Å². The van der Waals surface area contributed by atoms with E-state index in [1.165, 1.54) is 10.7 Å². The largest absolute Gasteiger partial charge is 0.354 e. The van der Waals surface area contributed by atoms with E-state index < -0.39 is 0 Å². The quantitative estimate of drug-likeness (QED) is 0.479. The van der Waals surface area contributed by atoms with Gasteiger partial charge in [0.05, 0.1) is 23.5 Å². The van der Waals surface area contributed by atoms with Crippen LogP contribution >= 0.6 is 22.7 Å². The minimum atomic E-state index is -0.197. The molecule has 0 radical (unpaired) electrons. The van der Waals surface area contributed by atoms with Crippen molar-refractivity contribution < 1.29 is 4.79 Å². The van der Waals surface area contributed by atoms with Crippen molar-refractivity contribution in [1.82, 2.24) is 20.1 Å². The summed E-state index contributed by atoms with van der Waals surface area (Å²) in [6.45, 7) is 2.60. The van der Waals surface area contributed by atoms with Gasteiger partial charge < -0.3 is 5.32 Å². The monoisotopic (exact) mass is 436 g/mol. The van der Waals surface area contributed by atoms with E-state index in [1.807, 2.05) is 54.8 Å². The molecule has 30 heavy (non-hydrogen) atoms. The molecule has 0 saturated heterocycles. The SMILES string of the molecule is Cc1nc(-c2ccccc2)sc1-c1ccc(=O)n(CCNC(=O)Cc2cccs2)n1. The molecular weight excluding hydrogens is 416 g/mol. The number of thiazole rings is 1. The second-order valence-electron chi connectivity index (χ2n) is 6.69. The molecule has 0 atom stereocenters. The van der Waals surface area contributed by atoms with E-state index in [4.69, 9.17) is 0 Å². The second kappa shape index (κ2) is 9.15. The number of hydrogen-bond donors (Lipinski definition) is 1. The van der Waals surface area contributed by atoms with Crippen LogP contribution in [0.4, 0.5) is 0 Å². The Morgan fingerprint density at radius 1 is 1.10 bits per heavy atom. The maximum atomic E-state index is 12.2. The van der Waals surface area contributed by atoms with E-state index in [2.05, 4.69) is 15.4 Å². The molecule has 0 spiro atoms. The van der Waals surface area contributed by atoms with Crippen molar-refractivity contribution in [2.24, 2.45) is 0 Å². The molecule has 0 bridgehead atoms. The fourth-order valence-corrected chi connectivity index (χ4v) is 4.74. The minimum Gasteiger partial charge on any atom is -0.354 e. The first-order chi connectivity index (χ1) is 14.6. The lowest BCUT2D eigenvalue weighted by Crippen LogP contribution is -2.32. The molecule has 0 unspecified atom stereocenters. The Morgan fingerprint density at radius 3 is 2.70 bits per heavy atom. The maximum absolute atomic E-state index is 12.2. The standard InChI is InChI=1S/C22H20N4O2S2/c1-15-21(30-22(24-15)16-6-3-2-4-7-16)18-9-10-20(28)26(25-18)12-11-23-19(27)14-17-8-5-13-29-17/h2-10,13H,11-12,14H2,1H3,(H,23,27). The molecule has 1 amide bonds. The average molecular weight is 437 g/mol. The lowest BCUT2D eigenvalue weighted by Gasteiger charge is -2.08. The number of aromatic nitrogens is 3. The predicted octanol–water partition coefficient (Wildman–Crippen LogP) is 3.76. The van der Waals surface area contributed by atoms with E-state index in [0.29, 0.717) is 25.2 Å². The summed E-state index contributed by atoms with van der Waals surface area (Å²) in [5.74, 6) is -0.0625. The Hall–Kier alpha value is -3.10. The fraction of sp³-hybridized carbons (Fsp3) is 0.182. The van der Waals surface area contributed by atoms with Gasteiger partial charge in [0.1, 0.15) is 10.7 Å². The molecule has 0 fully saturated rings. The highest BCUT2D eigenvalue weighted by Crippen LogP contribution is 2.33. The van der Waals surface area contributed by atoms with Gasteiger partial charge in [0.15, 0.2) is 0 Å². The molecule has 4 rings (SSSR count). The molecule has 0 aliphatic heterocycles. The summed E-state index contributed by atoms with van der Waals surface area (Å²) in [4.78, 5) is 30.9. The highest BCUT2D eigenvalue weighted by atomic mass is 32.1. The number of amides is 1. The molecule has 8 heteroatoms. The van der Waals surface area contributed by atoms with Crippen LogP contribution in [-0.4, -0.2) is 27.2 Å². The van der Waals surface area contributed by atoms with Crippen LogP contribution in [0.1, 0.15) is 10.6 Å². The molecule has 4 aromatic rings. The van der Waals surface area contributed by atoms with E-state index in [0.717, 1.165) is 26.0 Å². The summed E-state index contributed by atoms with van der Waals surface area (Å²) in [5, 5.41) is 10.2. The lowest BCUT2D eigenvalue weighted by molar-refractivity contribution is -0.120. The Bertz CT molecular complexity index is 1200. The zero-order valence-electron chi connectivity index (χ0n) is 16.4. The Kier molecular flexibility index (Phi) is 6.15. The van der Waals surface area contributed by atoms with E-state index >= 15 is 0 Å². The second-order valence-corrected chi connectivity index (χ2v) is 8.72. The number of aryl methyl sites for hydroxylation is 1. The van der Waals surface area contributed by atoms with Gasteiger partial charge in [0, 0.05) is 23.1 Å². The number of carbonyl (C=O) groups is 1. The zero-order chi connectivity index (χ0) is 20.9. The summed E-state index contributed by atoms with van der Waals surface area (Å²) in [6.07, 6.45) is 0.350. The fourth-order valence-electron chi connectivity index (χ4n) is 3.00. The topological polar surface area (TPSA) is 76.9 Å². The highest BCUT2D eigenvalue weighted by Gasteiger charge is 2.14. The van der Waals surface area contributed by atoms with Crippen LogP contribution in [-0.2, 0) is 17.8 Å². The molecule has 0 aliphatic rings. The van der Waals surface area contributed by atoms with Crippen molar-refractivity contribution in [1.29, 1.82) is 0 Å². The number of nitrogens with one attached hydrogen (secondary N) is 1. The van der Waals surface area contributed by atoms with Gasteiger partial charge in [-0.05, 0) is 24.4 Å². The molecule has 6 nitrogen and oxygen atoms in total. The van der Waals surface area contributed by atoms with Crippen LogP contribution in [0.3, 0.4) is 0 Å². The highest BCUT2D eigenvalue weighted by molar-refractivity contribution is 7.18. The summed E-state index contributed by atoms with van der Waals surface area (Å²) in [6, 6.07) is 17.1. The van der Waals surface area contributed by atoms with Gasteiger partial charge in [-0.1, -0.05) is 36.4 Å². The smallest absolute Gasteiger partial charge is 0.266 e. The molecule has 0 aliphatic carbocycles. The summed E-state index contributed by atoms with van der Waals surface area (Å²) < 4.78 is 1.39. The number of benzene rings is 1. The van der Waals surface area contributed by atoms with E-state index in [1.54, 1.807) is 28.7 Å². The van der Waals surface area contributed by atoms with Crippen molar-refractivity contribution in [3.05, 3.63) is 80.9 Å². The molecule has 1 aromatic carbocycles. The first kappa shape index (κ1) is 20.2. The summed E-state index contributed by atoms with van der Waals surface area (Å²) in [7, 11) is 0. The Balaban J connectivity index is 1.46. The van der Waals surface area contributed by atoms with Crippen LogP contribution in [0.2, 0.25) is 0 Å². The third kappa shape index (κ3) is 4.72. The average Bonchev–Trinajstić information content (AvgIpc) is 3.40. The van der Waals surface area contributed by atoms with Crippen LogP contribution in [0, 0.1) is 6.92 Å². The van der Waals surface area contributed by atoms with Crippen molar-refractivity contribution in [3.8, 4) is 21.1 Å². The van der Waals surface area contributed by atoms with Crippen LogP contribution in [0.15, 0.2) is 64.8 Å². The number of carbonyl (C=O) groups excluding carboxylic acids is 1. The van der Waals surface area contributed by atoms with Crippen LogP contribution in [0.5, 0.6) is 0 Å². The van der Waals surface area contributed by atoms with E-state index in [9.17, 15) is 9.59 Å². The third-order valence-corrected chi connectivity index (χ3v) is 6.58. The first-order valence-electron chi connectivity index (χ1n) is 9.50. The Labute approximate surface area is 181 Å². The van der Waals surface area contributed by atoms with Crippen molar-refractivity contribution in [2.45, 2.75) is 19.9 Å². The van der Waals surface area contributed by atoms with Gasteiger partial charge in [0.25, 0.3) is 5.56 Å².